The molecule has 23 heavy (non-hydrogen) atoms. The average molecular weight is 400 g/mol. The van der Waals surface area contributed by atoms with Crippen LogP contribution in [0.25, 0.3) is 0 Å². The highest BCUT2D eigenvalue weighted by molar-refractivity contribution is 7.68. The molecule has 0 aliphatic rings. The van der Waals surface area contributed by atoms with Gasteiger partial charge in [0, 0.05) is 12.1 Å². The highest BCUT2D eigenvalue weighted by Gasteiger charge is 2.45. The number of nitroso groups, excluding NO2 is 2. The Labute approximate surface area is 129 Å². The highest BCUT2D eigenvalue weighted by Crippen LogP contribution is 2.68. The average Bonchev–Trinajstić information content (AvgIpc) is 2.40. The quantitative estimate of drug-likeness (QED) is 0.334. The van der Waals surface area contributed by atoms with E-state index in [9.17, 15) is 23.5 Å². The largest absolute Gasteiger partial charge is 0.498 e. The third kappa shape index (κ3) is 7.81. The van der Waals surface area contributed by atoms with Crippen molar-refractivity contribution in [3.63, 3.8) is 0 Å². The number of hydrogen-bond acceptors (Lipinski definition) is 10. The lowest BCUT2D eigenvalue weighted by Gasteiger charge is -2.30. The van der Waals surface area contributed by atoms with E-state index in [2.05, 4.69) is 18.3 Å². The van der Waals surface area contributed by atoms with Gasteiger partial charge in [0.25, 0.3) is 0 Å². The van der Waals surface area contributed by atoms with Gasteiger partial charge in [-0.3, -0.25) is 4.52 Å². The Kier molecular flexibility index (Phi) is 7.99. The van der Waals surface area contributed by atoms with E-state index in [1.807, 2.05) is 4.95 Å². The van der Waals surface area contributed by atoms with Crippen LogP contribution in [-0.2, 0) is 31.6 Å². The molecule has 14 nitrogen and oxygen atoms in total. The first-order chi connectivity index (χ1) is 10.2. The second-order valence-electron chi connectivity index (χ2n) is 4.24. The Bertz CT molecular complexity index is 575. The van der Waals surface area contributed by atoms with Gasteiger partial charge in [0.15, 0.2) is 0 Å². The molecule has 136 valence electrons. The van der Waals surface area contributed by atoms with Crippen molar-refractivity contribution in [2.75, 3.05) is 13.7 Å². The maximum atomic E-state index is 11.8. The summed E-state index contributed by atoms with van der Waals surface area (Å²) in [5.74, 6) is 0. The van der Waals surface area contributed by atoms with E-state index in [4.69, 9.17) is 19.4 Å². The maximum absolute atomic E-state index is 11.8. The van der Waals surface area contributed by atoms with Gasteiger partial charge in [0.05, 0.1) is 6.61 Å². The molecule has 0 aromatic rings. The minimum atomic E-state index is -5.64. The molecule has 0 aromatic carbocycles. The second kappa shape index (κ2) is 8.13. The van der Waals surface area contributed by atoms with Crippen molar-refractivity contribution in [3.8, 4) is 0 Å². The van der Waals surface area contributed by atoms with E-state index in [1.165, 1.54) is 13.8 Å². The van der Waals surface area contributed by atoms with E-state index >= 15 is 0 Å². The molecule has 2 unspecified atom stereocenters. The first-order valence-corrected chi connectivity index (χ1v) is 10.0. The molecule has 0 aliphatic heterocycles. The fourth-order valence-corrected chi connectivity index (χ4v) is 4.29. The Hall–Kier alpha value is -0.390. The molecule has 0 amide bonds. The van der Waals surface area contributed by atoms with Crippen molar-refractivity contribution in [3.05, 3.63) is 9.81 Å². The molecule has 0 heterocycles. The van der Waals surface area contributed by atoms with Crippen molar-refractivity contribution in [1.82, 2.24) is 0 Å². The predicted molar refractivity (Wildman–Crippen MR) is 74.1 cm³/mol. The van der Waals surface area contributed by atoms with Gasteiger partial charge >= 0.3 is 23.4 Å². The molecule has 0 saturated carbocycles. The van der Waals surface area contributed by atoms with E-state index in [0.29, 0.717) is 0 Å². The number of nitrogens with zero attached hydrogens (tertiary/aromatic N) is 2. The molecule has 0 aliphatic carbocycles. The Balaban J connectivity index is 5.16. The van der Waals surface area contributed by atoms with Crippen LogP contribution < -0.4 is 0 Å². The minimum Gasteiger partial charge on any atom is -0.374 e. The monoisotopic (exact) mass is 400 g/mol. The van der Waals surface area contributed by atoms with Gasteiger partial charge in [-0.1, -0.05) is 5.18 Å². The van der Waals surface area contributed by atoms with Crippen LogP contribution in [-0.4, -0.2) is 40.0 Å². The SMILES string of the molecule is CO[C@](C)(COP(=O)(N=O)OP(=O)(O)OP(=O)(O)O)[C@H](C)N=O. The molecule has 3 N–H and O–H groups in total. The van der Waals surface area contributed by atoms with Gasteiger partial charge < -0.3 is 19.4 Å². The highest BCUT2D eigenvalue weighted by atomic mass is 31.3. The summed E-state index contributed by atoms with van der Waals surface area (Å²) in [4.78, 5) is 48.8. The Morgan fingerprint density at radius 1 is 1.13 bits per heavy atom. The van der Waals surface area contributed by atoms with Crippen LogP contribution in [0.15, 0.2) is 10.1 Å². The van der Waals surface area contributed by atoms with Crippen molar-refractivity contribution >= 4 is 23.4 Å². The molecule has 0 spiro atoms. The summed E-state index contributed by atoms with van der Waals surface area (Å²) in [6.07, 6.45) is 0. The third-order valence-corrected chi connectivity index (χ3v) is 6.52. The number of methoxy groups -OCH3 is 1. The summed E-state index contributed by atoms with van der Waals surface area (Å²) in [7, 11) is -15.2. The summed E-state index contributed by atoms with van der Waals surface area (Å²) in [6.45, 7) is 1.78. The first-order valence-electron chi connectivity index (χ1n) is 5.50. The Morgan fingerprint density at radius 3 is 2.00 bits per heavy atom. The summed E-state index contributed by atoms with van der Waals surface area (Å²) in [6, 6.07) is -1.06. The molecule has 0 saturated heterocycles. The van der Waals surface area contributed by atoms with Gasteiger partial charge in [-0.2, -0.15) is 13.5 Å². The summed E-state index contributed by atoms with van der Waals surface area (Å²) >= 11 is 0. The van der Waals surface area contributed by atoms with Crippen LogP contribution in [0.2, 0.25) is 0 Å². The topological polar surface area (TPSA) is 208 Å². The van der Waals surface area contributed by atoms with Crippen molar-refractivity contribution in [2.24, 2.45) is 10.1 Å². The molecule has 0 fully saturated rings. The summed E-state index contributed by atoms with van der Waals surface area (Å²) < 4.78 is 50.1. The van der Waals surface area contributed by atoms with Crippen LogP contribution in [0.3, 0.4) is 0 Å². The van der Waals surface area contributed by atoms with Crippen molar-refractivity contribution in [1.29, 1.82) is 0 Å². The van der Waals surface area contributed by atoms with Crippen LogP contribution in [0.1, 0.15) is 13.8 Å². The molecule has 4 atom stereocenters. The fourth-order valence-electron chi connectivity index (χ4n) is 1.01. The number of ether oxygens (including phenoxy) is 1. The molecule has 0 bridgehead atoms. The molecule has 17 heteroatoms. The summed E-state index contributed by atoms with van der Waals surface area (Å²) in [5, 5.41) is 2.65. The second-order valence-corrected chi connectivity index (χ2v) is 8.83. The van der Waals surface area contributed by atoms with Gasteiger partial charge in [-0.25, -0.2) is 13.7 Å². The van der Waals surface area contributed by atoms with E-state index < -0.39 is 41.6 Å². The molecule has 0 aromatic heterocycles. The van der Waals surface area contributed by atoms with Gasteiger partial charge in [0.2, 0.25) is 0 Å². The lowest BCUT2D eigenvalue weighted by atomic mass is 10.00. The normalized spacial score (nSPS) is 21.5. The third-order valence-electron chi connectivity index (χ3n) is 2.54. The lowest BCUT2D eigenvalue weighted by Crippen LogP contribution is -2.42. The van der Waals surface area contributed by atoms with Crippen LogP contribution in [0.4, 0.5) is 0 Å². The van der Waals surface area contributed by atoms with Crippen molar-refractivity contribution in [2.45, 2.75) is 25.5 Å². The minimum absolute atomic E-state index is 0.796. The van der Waals surface area contributed by atoms with Crippen molar-refractivity contribution < 1.29 is 46.3 Å². The molecule has 0 radical (unpaired) electrons. The number of hydrogen-bond donors (Lipinski definition) is 3. The zero-order valence-electron chi connectivity index (χ0n) is 12.0. The van der Waals surface area contributed by atoms with E-state index in [0.717, 1.165) is 7.11 Å². The van der Waals surface area contributed by atoms with E-state index in [-0.39, 0.29) is 0 Å². The lowest BCUT2D eigenvalue weighted by molar-refractivity contribution is -0.0459. The number of phosphoric acid groups is 2. The number of rotatable bonds is 11. The Morgan fingerprint density at radius 2 is 1.65 bits per heavy atom. The predicted octanol–water partition coefficient (Wildman–Crippen LogP) is 1.66. The van der Waals surface area contributed by atoms with Gasteiger partial charge in [0.1, 0.15) is 11.6 Å². The molecular formula is C6H15N2O12P3. The van der Waals surface area contributed by atoms with E-state index in [1.54, 1.807) is 0 Å². The zero-order chi connectivity index (χ0) is 18.5. The first kappa shape index (κ1) is 22.6. The molecule has 0 rings (SSSR count). The molecular weight excluding hydrogens is 385 g/mol. The van der Waals surface area contributed by atoms with Gasteiger partial charge in [-0.15, -0.1) is 4.91 Å². The van der Waals surface area contributed by atoms with Crippen LogP contribution >= 0.6 is 23.4 Å². The van der Waals surface area contributed by atoms with Crippen LogP contribution in [0, 0.1) is 9.81 Å². The smallest absolute Gasteiger partial charge is 0.374 e. The van der Waals surface area contributed by atoms with Crippen LogP contribution in [0.5, 0.6) is 0 Å². The standard InChI is InChI=1S/C6H15N2O12P3/c1-5(7-9)6(2,17-3)4-18-21(11,8-10)19-23(15,16)20-22(12,13)14/h5H,4H2,1-3H3,(H,15,16)(H2,12,13,14)/t5-,6+,21?/m0/s1. The fraction of sp³-hybridized carbons (Fsp3) is 1.00. The zero-order valence-corrected chi connectivity index (χ0v) is 14.7. The maximum Gasteiger partial charge on any atom is 0.498 e. The summed E-state index contributed by atoms with van der Waals surface area (Å²) in [5.41, 5.74) is -1.50. The van der Waals surface area contributed by atoms with Gasteiger partial charge in [-0.05, 0) is 13.8 Å².